The van der Waals surface area contributed by atoms with Gasteiger partial charge < -0.3 is 14.8 Å². The number of nitrogens with one attached hydrogen (secondary N) is 1. The Kier molecular flexibility index (Phi) is 8.45. The maximum absolute atomic E-state index is 8.41. The van der Waals surface area contributed by atoms with E-state index in [0.717, 1.165) is 44.9 Å². The number of hydrogen-bond acceptors (Lipinski definition) is 4. The molecule has 0 saturated heterocycles. The molecule has 1 aromatic rings. The van der Waals surface area contributed by atoms with Crippen LogP contribution in [-0.4, -0.2) is 26.4 Å². The Labute approximate surface area is 115 Å². The smallest absolute Gasteiger partial charge is 0.174 e. The van der Waals surface area contributed by atoms with Crippen molar-refractivity contribution >= 4 is 0 Å². The van der Waals surface area contributed by atoms with E-state index in [9.17, 15) is 0 Å². The van der Waals surface area contributed by atoms with Gasteiger partial charge in [0.2, 0.25) is 0 Å². The minimum atomic E-state index is 0.0926. The van der Waals surface area contributed by atoms with Crippen LogP contribution in [0.25, 0.3) is 0 Å². The zero-order chi connectivity index (χ0) is 13.8. The van der Waals surface area contributed by atoms with Crippen LogP contribution in [0.3, 0.4) is 0 Å². The minimum Gasteiger partial charge on any atom is -0.479 e. The van der Waals surface area contributed by atoms with Gasteiger partial charge in [-0.2, -0.15) is 5.26 Å². The first-order valence-corrected chi connectivity index (χ1v) is 6.74. The number of nitrogens with zero attached hydrogens (tertiary/aromatic N) is 1. The van der Waals surface area contributed by atoms with E-state index in [1.54, 1.807) is 0 Å². The fourth-order valence-electron chi connectivity index (χ4n) is 1.60. The summed E-state index contributed by atoms with van der Waals surface area (Å²) in [5.41, 5.74) is 1.21. The molecular weight excluding hydrogens is 240 g/mol. The summed E-state index contributed by atoms with van der Waals surface area (Å²) in [6, 6.07) is 9.74. The maximum atomic E-state index is 8.41. The van der Waals surface area contributed by atoms with Crippen molar-refractivity contribution in [3.05, 3.63) is 29.8 Å². The van der Waals surface area contributed by atoms with Crippen LogP contribution in [0.5, 0.6) is 5.75 Å². The standard InChI is InChI=1S/C15H22N2O2/c1-2-10-18-11-3-9-17-13-14-4-6-15(7-5-14)19-12-8-16/h4-7,17H,2-3,9-13H2,1H3. The lowest BCUT2D eigenvalue weighted by molar-refractivity contribution is 0.132. The minimum absolute atomic E-state index is 0.0926. The molecule has 1 rings (SSSR count). The molecule has 1 aromatic carbocycles. The Balaban J connectivity index is 2.11. The molecule has 0 aromatic heterocycles. The van der Waals surface area contributed by atoms with Gasteiger partial charge in [-0.3, -0.25) is 0 Å². The lowest BCUT2D eigenvalue weighted by Gasteiger charge is -2.06. The summed E-state index contributed by atoms with van der Waals surface area (Å²) in [6.45, 7) is 5.67. The number of nitriles is 1. The van der Waals surface area contributed by atoms with Crippen LogP contribution in [0, 0.1) is 11.3 Å². The van der Waals surface area contributed by atoms with E-state index in [0.29, 0.717) is 0 Å². The Bertz CT molecular complexity index is 371. The average molecular weight is 262 g/mol. The second kappa shape index (κ2) is 10.4. The first-order chi connectivity index (χ1) is 9.36. The average Bonchev–Trinajstić information content (AvgIpc) is 2.45. The molecule has 0 aliphatic carbocycles. The lowest BCUT2D eigenvalue weighted by atomic mass is 10.2. The molecule has 0 unspecified atom stereocenters. The van der Waals surface area contributed by atoms with E-state index in [1.165, 1.54) is 5.56 Å². The van der Waals surface area contributed by atoms with Crippen LogP contribution in [0.1, 0.15) is 25.3 Å². The molecule has 4 heteroatoms. The van der Waals surface area contributed by atoms with Crippen molar-refractivity contribution in [1.29, 1.82) is 5.26 Å². The first-order valence-electron chi connectivity index (χ1n) is 6.74. The van der Waals surface area contributed by atoms with Crippen LogP contribution in [-0.2, 0) is 11.3 Å². The molecule has 0 fully saturated rings. The number of rotatable bonds is 10. The molecule has 0 spiro atoms. The second-order valence-electron chi connectivity index (χ2n) is 4.23. The molecule has 4 nitrogen and oxygen atoms in total. The highest BCUT2D eigenvalue weighted by Crippen LogP contribution is 2.11. The summed E-state index contributed by atoms with van der Waals surface area (Å²) in [4.78, 5) is 0. The molecule has 0 bridgehead atoms. The summed E-state index contributed by atoms with van der Waals surface area (Å²) in [5.74, 6) is 0.735. The Morgan fingerprint density at radius 1 is 1.21 bits per heavy atom. The van der Waals surface area contributed by atoms with Crippen molar-refractivity contribution in [1.82, 2.24) is 5.32 Å². The predicted octanol–water partition coefficient (Wildman–Crippen LogP) is 2.50. The molecule has 19 heavy (non-hydrogen) atoms. The molecule has 104 valence electrons. The van der Waals surface area contributed by atoms with E-state index in [-0.39, 0.29) is 6.61 Å². The van der Waals surface area contributed by atoms with E-state index in [1.807, 2.05) is 30.3 Å². The summed E-state index contributed by atoms with van der Waals surface area (Å²) in [6.07, 6.45) is 2.11. The fourth-order valence-corrected chi connectivity index (χ4v) is 1.60. The summed E-state index contributed by atoms with van der Waals surface area (Å²) in [5, 5.41) is 11.8. The van der Waals surface area contributed by atoms with E-state index >= 15 is 0 Å². The van der Waals surface area contributed by atoms with Gasteiger partial charge in [0.15, 0.2) is 6.61 Å². The Morgan fingerprint density at radius 2 is 2.00 bits per heavy atom. The summed E-state index contributed by atoms with van der Waals surface area (Å²) >= 11 is 0. The summed E-state index contributed by atoms with van der Waals surface area (Å²) in [7, 11) is 0. The van der Waals surface area contributed by atoms with Crippen molar-refractivity contribution in [2.45, 2.75) is 26.3 Å². The molecular formula is C15H22N2O2. The lowest BCUT2D eigenvalue weighted by Crippen LogP contribution is -2.16. The highest BCUT2D eigenvalue weighted by molar-refractivity contribution is 5.27. The summed E-state index contributed by atoms with van der Waals surface area (Å²) < 4.78 is 10.6. The van der Waals surface area contributed by atoms with Crippen molar-refractivity contribution < 1.29 is 9.47 Å². The SMILES string of the molecule is CCCOCCCNCc1ccc(OCC#N)cc1. The van der Waals surface area contributed by atoms with E-state index < -0.39 is 0 Å². The van der Waals surface area contributed by atoms with Crippen LogP contribution in [0.2, 0.25) is 0 Å². The van der Waals surface area contributed by atoms with Crippen LogP contribution in [0.4, 0.5) is 0 Å². The number of ether oxygens (including phenoxy) is 2. The van der Waals surface area contributed by atoms with Gasteiger partial charge >= 0.3 is 0 Å². The molecule has 0 saturated carbocycles. The third-order valence-electron chi connectivity index (χ3n) is 2.55. The monoisotopic (exact) mass is 262 g/mol. The molecule has 0 heterocycles. The highest BCUT2D eigenvalue weighted by atomic mass is 16.5. The van der Waals surface area contributed by atoms with E-state index in [2.05, 4.69) is 12.2 Å². The molecule has 0 amide bonds. The van der Waals surface area contributed by atoms with Gasteiger partial charge in [-0.1, -0.05) is 19.1 Å². The third kappa shape index (κ3) is 7.45. The number of hydrogen-bond donors (Lipinski definition) is 1. The zero-order valence-corrected chi connectivity index (χ0v) is 11.5. The first kappa shape index (κ1) is 15.5. The van der Waals surface area contributed by atoms with Crippen LogP contribution >= 0.6 is 0 Å². The van der Waals surface area contributed by atoms with Gasteiger partial charge in [-0.05, 0) is 37.1 Å². The van der Waals surface area contributed by atoms with Crippen LogP contribution < -0.4 is 10.1 Å². The van der Waals surface area contributed by atoms with Gasteiger partial charge in [0.25, 0.3) is 0 Å². The topological polar surface area (TPSA) is 54.3 Å². The van der Waals surface area contributed by atoms with Crippen molar-refractivity contribution in [3.8, 4) is 11.8 Å². The third-order valence-corrected chi connectivity index (χ3v) is 2.55. The van der Waals surface area contributed by atoms with E-state index in [4.69, 9.17) is 14.7 Å². The molecule has 0 aliphatic rings. The van der Waals surface area contributed by atoms with Crippen molar-refractivity contribution in [2.75, 3.05) is 26.4 Å². The van der Waals surface area contributed by atoms with Gasteiger partial charge in [0.1, 0.15) is 11.8 Å². The predicted molar refractivity (Wildman–Crippen MR) is 75.0 cm³/mol. The second-order valence-corrected chi connectivity index (χ2v) is 4.23. The normalized spacial score (nSPS) is 10.1. The van der Waals surface area contributed by atoms with Crippen LogP contribution in [0.15, 0.2) is 24.3 Å². The zero-order valence-electron chi connectivity index (χ0n) is 11.5. The molecule has 0 aliphatic heterocycles. The largest absolute Gasteiger partial charge is 0.479 e. The molecule has 0 radical (unpaired) electrons. The molecule has 0 atom stereocenters. The van der Waals surface area contributed by atoms with Gasteiger partial charge in [0.05, 0.1) is 0 Å². The Morgan fingerprint density at radius 3 is 2.68 bits per heavy atom. The van der Waals surface area contributed by atoms with Crippen molar-refractivity contribution in [2.24, 2.45) is 0 Å². The number of benzene rings is 1. The van der Waals surface area contributed by atoms with Gasteiger partial charge in [0, 0.05) is 19.8 Å². The van der Waals surface area contributed by atoms with Crippen molar-refractivity contribution in [3.63, 3.8) is 0 Å². The van der Waals surface area contributed by atoms with Gasteiger partial charge in [-0.25, -0.2) is 0 Å². The fraction of sp³-hybridized carbons (Fsp3) is 0.533. The maximum Gasteiger partial charge on any atom is 0.174 e. The Hall–Kier alpha value is -1.57. The molecule has 1 N–H and O–H groups in total. The highest BCUT2D eigenvalue weighted by Gasteiger charge is 1.95. The quantitative estimate of drug-likeness (QED) is 0.658. The van der Waals surface area contributed by atoms with Gasteiger partial charge in [-0.15, -0.1) is 0 Å².